The fourth-order valence-corrected chi connectivity index (χ4v) is 2.11. The largest absolute Gasteiger partial charge is 0.370 e. The van der Waals surface area contributed by atoms with Crippen LogP contribution in [-0.4, -0.2) is 25.0 Å². The number of rotatable bonds is 7. The zero-order valence-corrected chi connectivity index (χ0v) is 17.8. The lowest BCUT2D eigenvalue weighted by Gasteiger charge is -2.10. The van der Waals surface area contributed by atoms with Gasteiger partial charge in [-0.05, 0) is 37.0 Å². The van der Waals surface area contributed by atoms with Crippen molar-refractivity contribution < 1.29 is 4.79 Å². The minimum absolute atomic E-state index is 0. The molecule has 130 valence electrons. The van der Waals surface area contributed by atoms with Gasteiger partial charge in [-0.15, -0.1) is 24.0 Å². The van der Waals surface area contributed by atoms with Gasteiger partial charge in [-0.2, -0.15) is 0 Å². The first-order valence-corrected chi connectivity index (χ1v) is 8.27. The molecule has 1 rings (SSSR count). The van der Waals surface area contributed by atoms with Crippen LogP contribution in [0.2, 0.25) is 0 Å². The van der Waals surface area contributed by atoms with Crippen molar-refractivity contribution in [3.8, 4) is 0 Å². The van der Waals surface area contributed by atoms with Crippen LogP contribution in [0.5, 0.6) is 0 Å². The monoisotopic (exact) mass is 496 g/mol. The van der Waals surface area contributed by atoms with Crippen LogP contribution < -0.4 is 16.4 Å². The second-order valence-corrected chi connectivity index (χ2v) is 6.55. The number of nitrogens with two attached hydrogens (primary N) is 1. The molecule has 23 heavy (non-hydrogen) atoms. The number of guanidine groups is 1. The number of amides is 1. The Labute approximate surface area is 164 Å². The third-order valence-corrected chi connectivity index (χ3v) is 3.61. The average Bonchev–Trinajstić information content (AvgIpc) is 2.42. The summed E-state index contributed by atoms with van der Waals surface area (Å²) in [6.45, 7) is 7.43. The van der Waals surface area contributed by atoms with E-state index in [4.69, 9.17) is 5.73 Å². The second kappa shape index (κ2) is 11.7. The Morgan fingerprint density at radius 3 is 2.74 bits per heavy atom. The maximum atomic E-state index is 11.9. The van der Waals surface area contributed by atoms with Gasteiger partial charge in [-0.25, -0.2) is 0 Å². The molecule has 0 fully saturated rings. The first kappa shape index (κ1) is 22.2. The normalized spacial score (nSPS) is 11.1. The lowest BCUT2D eigenvalue weighted by molar-refractivity contribution is -0.116. The summed E-state index contributed by atoms with van der Waals surface area (Å²) < 4.78 is 0.938. The molecule has 0 saturated carbocycles. The molecule has 0 atom stereocenters. The zero-order valence-electron chi connectivity index (χ0n) is 13.9. The van der Waals surface area contributed by atoms with E-state index in [1.165, 1.54) is 0 Å². The van der Waals surface area contributed by atoms with E-state index in [2.05, 4.69) is 45.4 Å². The van der Waals surface area contributed by atoms with Gasteiger partial charge in [-0.3, -0.25) is 9.79 Å². The number of hydrogen-bond donors (Lipinski definition) is 3. The van der Waals surface area contributed by atoms with Crippen LogP contribution in [0.4, 0.5) is 5.69 Å². The van der Waals surface area contributed by atoms with Gasteiger partial charge in [0.25, 0.3) is 0 Å². The Kier molecular flexibility index (Phi) is 11.2. The summed E-state index contributed by atoms with van der Waals surface area (Å²) in [5.41, 5.74) is 7.59. The summed E-state index contributed by atoms with van der Waals surface area (Å²) in [5.74, 6) is 0.950. The van der Waals surface area contributed by atoms with Crippen molar-refractivity contribution in [3.05, 3.63) is 28.2 Å². The summed E-state index contributed by atoms with van der Waals surface area (Å²) in [4.78, 5) is 16.1. The summed E-state index contributed by atoms with van der Waals surface area (Å²) >= 11 is 3.40. The van der Waals surface area contributed by atoms with Crippen molar-refractivity contribution in [1.82, 2.24) is 5.32 Å². The smallest absolute Gasteiger partial charge is 0.226 e. The van der Waals surface area contributed by atoms with Gasteiger partial charge in [0, 0.05) is 29.7 Å². The molecule has 0 bridgehead atoms. The molecule has 7 heteroatoms. The van der Waals surface area contributed by atoms with Gasteiger partial charge in [0.15, 0.2) is 5.96 Å². The van der Waals surface area contributed by atoms with Crippen LogP contribution in [-0.2, 0) is 4.79 Å². The molecule has 5 nitrogen and oxygen atoms in total. The van der Waals surface area contributed by atoms with Gasteiger partial charge in [0.05, 0.1) is 0 Å². The number of anilines is 1. The Balaban J connectivity index is 0.00000484. The highest BCUT2D eigenvalue weighted by atomic mass is 127. The Bertz CT molecular complexity index is 535. The maximum Gasteiger partial charge on any atom is 0.226 e. The Hall–Kier alpha value is -0.830. The highest BCUT2D eigenvalue weighted by Gasteiger charge is 2.05. The molecular weight excluding hydrogens is 471 g/mol. The van der Waals surface area contributed by atoms with E-state index in [0.29, 0.717) is 31.4 Å². The fourth-order valence-electron chi connectivity index (χ4n) is 1.74. The SMILES string of the molecule is Cc1ccc(Br)cc1NC(=O)CCNC(N)=NCCC(C)C.I. The molecule has 0 aliphatic carbocycles. The number of hydrogen-bond acceptors (Lipinski definition) is 2. The third-order valence-electron chi connectivity index (χ3n) is 3.12. The number of carbonyl (C=O) groups excluding carboxylic acids is 1. The molecule has 0 heterocycles. The number of halogens is 2. The number of carbonyl (C=O) groups is 1. The van der Waals surface area contributed by atoms with Crippen molar-refractivity contribution >= 4 is 57.5 Å². The van der Waals surface area contributed by atoms with E-state index < -0.39 is 0 Å². The summed E-state index contributed by atoms with van der Waals surface area (Å²) in [5, 5.41) is 5.85. The van der Waals surface area contributed by atoms with Crippen LogP contribution >= 0.6 is 39.9 Å². The van der Waals surface area contributed by atoms with Crippen molar-refractivity contribution in [3.63, 3.8) is 0 Å². The van der Waals surface area contributed by atoms with Crippen LogP contribution in [0.3, 0.4) is 0 Å². The number of nitrogens with zero attached hydrogens (tertiary/aromatic N) is 1. The quantitative estimate of drug-likeness (QED) is 0.306. The van der Waals surface area contributed by atoms with E-state index in [-0.39, 0.29) is 29.9 Å². The van der Waals surface area contributed by atoms with Crippen LogP contribution in [0, 0.1) is 12.8 Å². The van der Waals surface area contributed by atoms with E-state index in [1.54, 1.807) is 0 Å². The van der Waals surface area contributed by atoms with Gasteiger partial charge in [0.2, 0.25) is 5.91 Å². The summed E-state index contributed by atoms with van der Waals surface area (Å²) in [6.07, 6.45) is 1.34. The zero-order chi connectivity index (χ0) is 16.5. The number of aryl methyl sites for hydroxylation is 1. The van der Waals surface area contributed by atoms with Gasteiger partial charge in [0.1, 0.15) is 0 Å². The predicted octanol–water partition coefficient (Wildman–Crippen LogP) is 3.65. The maximum absolute atomic E-state index is 11.9. The van der Waals surface area contributed by atoms with Crippen LogP contribution in [0.1, 0.15) is 32.3 Å². The first-order valence-electron chi connectivity index (χ1n) is 7.48. The summed E-state index contributed by atoms with van der Waals surface area (Å²) in [7, 11) is 0. The van der Waals surface area contributed by atoms with Gasteiger partial charge < -0.3 is 16.4 Å². The molecule has 1 aromatic carbocycles. The predicted molar refractivity (Wildman–Crippen MR) is 111 cm³/mol. The Morgan fingerprint density at radius 1 is 1.39 bits per heavy atom. The van der Waals surface area contributed by atoms with E-state index >= 15 is 0 Å². The molecule has 0 aliphatic rings. The molecule has 0 saturated heterocycles. The fraction of sp³-hybridized carbons (Fsp3) is 0.500. The minimum Gasteiger partial charge on any atom is -0.370 e. The Morgan fingerprint density at radius 2 is 2.09 bits per heavy atom. The number of nitrogens with one attached hydrogen (secondary N) is 2. The summed E-state index contributed by atoms with van der Waals surface area (Å²) in [6, 6.07) is 5.79. The molecule has 4 N–H and O–H groups in total. The van der Waals surface area contributed by atoms with Crippen molar-refractivity contribution in [2.45, 2.75) is 33.6 Å². The van der Waals surface area contributed by atoms with E-state index in [1.807, 2.05) is 25.1 Å². The lowest BCUT2D eigenvalue weighted by Crippen LogP contribution is -2.34. The third kappa shape index (κ3) is 9.80. The highest BCUT2D eigenvalue weighted by molar-refractivity contribution is 14.0. The molecule has 0 radical (unpaired) electrons. The minimum atomic E-state index is -0.0521. The van der Waals surface area contributed by atoms with Crippen LogP contribution in [0.25, 0.3) is 0 Å². The van der Waals surface area contributed by atoms with Crippen molar-refractivity contribution in [1.29, 1.82) is 0 Å². The lowest BCUT2D eigenvalue weighted by atomic mass is 10.1. The molecule has 0 aromatic heterocycles. The molecule has 0 spiro atoms. The molecular formula is C16H26BrIN4O. The van der Waals surface area contributed by atoms with E-state index in [9.17, 15) is 4.79 Å². The van der Waals surface area contributed by atoms with Gasteiger partial charge in [-0.1, -0.05) is 35.8 Å². The molecule has 1 aromatic rings. The standard InChI is InChI=1S/C16H25BrN4O.HI/c1-11(2)6-8-19-16(18)20-9-7-15(22)21-14-10-13(17)5-4-12(14)3;/h4-5,10-11H,6-9H2,1-3H3,(H,21,22)(H3,18,19,20);1H. The second-order valence-electron chi connectivity index (χ2n) is 5.63. The topological polar surface area (TPSA) is 79.5 Å². The average molecular weight is 497 g/mol. The molecule has 1 amide bonds. The van der Waals surface area contributed by atoms with Crippen molar-refractivity contribution in [2.75, 3.05) is 18.4 Å². The first-order chi connectivity index (χ1) is 10.4. The van der Waals surface area contributed by atoms with Crippen molar-refractivity contribution in [2.24, 2.45) is 16.6 Å². The molecule has 0 unspecified atom stereocenters. The van der Waals surface area contributed by atoms with E-state index in [0.717, 1.165) is 22.1 Å². The highest BCUT2D eigenvalue weighted by Crippen LogP contribution is 2.20. The van der Waals surface area contributed by atoms with Gasteiger partial charge >= 0.3 is 0 Å². The molecule has 0 aliphatic heterocycles. The number of aliphatic imine (C=N–C) groups is 1. The van der Waals surface area contributed by atoms with Crippen LogP contribution in [0.15, 0.2) is 27.7 Å². The number of benzene rings is 1.